The number of guanidine groups is 1. The number of aliphatic imine (C=N–C) groups is 1. The van der Waals surface area contributed by atoms with Crippen molar-refractivity contribution in [3.8, 4) is 0 Å². The molecule has 8 heteroatoms. The van der Waals surface area contributed by atoms with Gasteiger partial charge in [0, 0.05) is 38.8 Å². The normalized spacial score (nSPS) is 16.1. The van der Waals surface area contributed by atoms with E-state index in [4.69, 9.17) is 18.9 Å². The van der Waals surface area contributed by atoms with Crippen LogP contribution in [0, 0.1) is 5.92 Å². The summed E-state index contributed by atoms with van der Waals surface area (Å²) in [6, 6.07) is 12.4. The van der Waals surface area contributed by atoms with Crippen LogP contribution in [0.5, 0.6) is 0 Å². The smallest absolute Gasteiger partial charge is 0.191 e. The molecule has 2 aromatic rings. The lowest BCUT2D eigenvalue weighted by Crippen LogP contribution is -2.38. The fourth-order valence-electron chi connectivity index (χ4n) is 3.73. The number of nitrogens with zero attached hydrogens (tertiary/aromatic N) is 2. The summed E-state index contributed by atoms with van der Waals surface area (Å²) in [7, 11) is 2.11. The molecular formula is C25H39IN4O3. The molecule has 1 fully saturated rings. The average molecular weight is 571 g/mol. The number of halogens is 1. The summed E-state index contributed by atoms with van der Waals surface area (Å²) in [5.41, 5.74) is 2.52. The van der Waals surface area contributed by atoms with Gasteiger partial charge in [0.2, 0.25) is 0 Å². The van der Waals surface area contributed by atoms with Crippen LogP contribution in [0.3, 0.4) is 0 Å². The SMILES string of the molecule is CCNC(=NCc1ccccc1CN(C)Cc1ccco1)NCCCOCC1CCOC1.I. The summed E-state index contributed by atoms with van der Waals surface area (Å²) in [4.78, 5) is 7.06. The zero-order valence-electron chi connectivity index (χ0n) is 19.9. The van der Waals surface area contributed by atoms with Gasteiger partial charge in [0.05, 0.1) is 32.6 Å². The number of benzene rings is 1. The minimum atomic E-state index is 0. The molecule has 3 rings (SSSR count). The minimum absolute atomic E-state index is 0. The van der Waals surface area contributed by atoms with Crippen molar-refractivity contribution in [1.29, 1.82) is 0 Å². The van der Waals surface area contributed by atoms with Crippen molar-refractivity contribution in [3.05, 3.63) is 59.5 Å². The highest BCUT2D eigenvalue weighted by Gasteiger charge is 2.15. The third-order valence-corrected chi connectivity index (χ3v) is 5.45. The molecule has 0 amide bonds. The molecule has 2 N–H and O–H groups in total. The van der Waals surface area contributed by atoms with Crippen molar-refractivity contribution < 1.29 is 13.9 Å². The Labute approximate surface area is 215 Å². The first-order valence-electron chi connectivity index (χ1n) is 11.7. The average Bonchev–Trinajstić information content (AvgIpc) is 3.49. The van der Waals surface area contributed by atoms with E-state index >= 15 is 0 Å². The van der Waals surface area contributed by atoms with Gasteiger partial charge >= 0.3 is 0 Å². The molecule has 1 aliphatic rings. The molecule has 1 aliphatic heterocycles. The standard InChI is InChI=1S/C25H38N4O3.HI/c1-3-26-25(27-12-7-13-30-19-21-11-15-31-20-21)28-16-22-8-4-5-9-23(22)17-29(2)18-24-10-6-14-32-24;/h4-6,8-10,14,21H,3,7,11-13,15-20H2,1-2H3,(H2,26,27,28);1H. The van der Waals surface area contributed by atoms with E-state index in [0.717, 1.165) is 77.2 Å². The molecule has 33 heavy (non-hydrogen) atoms. The molecule has 2 heterocycles. The zero-order valence-corrected chi connectivity index (χ0v) is 22.3. The molecule has 1 aromatic heterocycles. The number of ether oxygens (including phenoxy) is 2. The van der Waals surface area contributed by atoms with Crippen molar-refractivity contribution in [2.75, 3.05) is 46.6 Å². The fraction of sp³-hybridized carbons (Fsp3) is 0.560. The Bertz CT molecular complexity index is 795. The topological polar surface area (TPSA) is 71.3 Å². The quantitative estimate of drug-likeness (QED) is 0.164. The lowest BCUT2D eigenvalue weighted by Gasteiger charge is -2.18. The van der Waals surface area contributed by atoms with Gasteiger partial charge in [-0.3, -0.25) is 4.90 Å². The van der Waals surface area contributed by atoms with E-state index < -0.39 is 0 Å². The van der Waals surface area contributed by atoms with Crippen LogP contribution >= 0.6 is 24.0 Å². The zero-order chi connectivity index (χ0) is 22.4. The minimum Gasteiger partial charge on any atom is -0.468 e. The first-order valence-corrected chi connectivity index (χ1v) is 11.7. The summed E-state index contributed by atoms with van der Waals surface area (Å²) < 4.78 is 16.6. The third-order valence-electron chi connectivity index (χ3n) is 5.45. The maximum absolute atomic E-state index is 5.79. The van der Waals surface area contributed by atoms with E-state index in [2.05, 4.69) is 53.8 Å². The lowest BCUT2D eigenvalue weighted by molar-refractivity contribution is 0.0888. The molecular weight excluding hydrogens is 531 g/mol. The molecule has 1 unspecified atom stereocenters. The maximum atomic E-state index is 5.79. The van der Waals surface area contributed by atoms with Crippen molar-refractivity contribution in [2.45, 2.75) is 39.4 Å². The van der Waals surface area contributed by atoms with E-state index in [9.17, 15) is 0 Å². The van der Waals surface area contributed by atoms with E-state index in [1.165, 1.54) is 11.1 Å². The van der Waals surface area contributed by atoms with E-state index in [-0.39, 0.29) is 24.0 Å². The predicted molar refractivity (Wildman–Crippen MR) is 143 cm³/mol. The molecule has 184 valence electrons. The summed E-state index contributed by atoms with van der Waals surface area (Å²) in [6.45, 7) is 9.30. The Kier molecular flexibility index (Phi) is 13.5. The number of hydrogen-bond donors (Lipinski definition) is 2. The Morgan fingerprint density at radius 1 is 1.15 bits per heavy atom. The molecule has 1 saturated heterocycles. The molecule has 1 atom stereocenters. The summed E-state index contributed by atoms with van der Waals surface area (Å²) in [6.07, 6.45) is 3.79. The largest absolute Gasteiger partial charge is 0.468 e. The van der Waals surface area contributed by atoms with Gasteiger partial charge in [-0.2, -0.15) is 0 Å². The molecule has 0 saturated carbocycles. The molecule has 0 bridgehead atoms. The van der Waals surface area contributed by atoms with Gasteiger partial charge in [-0.1, -0.05) is 24.3 Å². The van der Waals surface area contributed by atoms with Crippen LogP contribution in [0.2, 0.25) is 0 Å². The number of nitrogens with one attached hydrogen (secondary N) is 2. The monoisotopic (exact) mass is 570 g/mol. The highest BCUT2D eigenvalue weighted by atomic mass is 127. The Morgan fingerprint density at radius 3 is 2.73 bits per heavy atom. The van der Waals surface area contributed by atoms with Crippen molar-refractivity contribution in [2.24, 2.45) is 10.9 Å². The second-order valence-electron chi connectivity index (χ2n) is 8.30. The summed E-state index contributed by atoms with van der Waals surface area (Å²) in [5.74, 6) is 2.39. The van der Waals surface area contributed by atoms with Crippen LogP contribution in [-0.2, 0) is 29.1 Å². The fourth-order valence-corrected chi connectivity index (χ4v) is 3.73. The van der Waals surface area contributed by atoms with Gasteiger partial charge in [0.1, 0.15) is 5.76 Å². The number of hydrogen-bond acceptors (Lipinski definition) is 5. The Balaban J connectivity index is 0.00000385. The highest BCUT2D eigenvalue weighted by molar-refractivity contribution is 14.0. The van der Waals surface area contributed by atoms with E-state index in [0.29, 0.717) is 12.5 Å². The lowest BCUT2D eigenvalue weighted by atomic mass is 10.1. The van der Waals surface area contributed by atoms with E-state index in [1.807, 2.05) is 12.1 Å². The van der Waals surface area contributed by atoms with Crippen LogP contribution in [0.1, 0.15) is 36.7 Å². The van der Waals surface area contributed by atoms with Crippen LogP contribution in [0.15, 0.2) is 52.1 Å². The van der Waals surface area contributed by atoms with Crippen LogP contribution in [0.4, 0.5) is 0 Å². The van der Waals surface area contributed by atoms with Gasteiger partial charge in [-0.25, -0.2) is 4.99 Å². The molecule has 1 aromatic carbocycles. The summed E-state index contributed by atoms with van der Waals surface area (Å²) in [5, 5.41) is 6.76. The second-order valence-corrected chi connectivity index (χ2v) is 8.30. The Hall–Kier alpha value is -1.62. The maximum Gasteiger partial charge on any atom is 0.191 e. The van der Waals surface area contributed by atoms with Crippen molar-refractivity contribution in [3.63, 3.8) is 0 Å². The molecule has 7 nitrogen and oxygen atoms in total. The molecule has 0 aliphatic carbocycles. The highest BCUT2D eigenvalue weighted by Crippen LogP contribution is 2.15. The first-order chi connectivity index (χ1) is 15.7. The molecule has 0 radical (unpaired) electrons. The predicted octanol–water partition coefficient (Wildman–Crippen LogP) is 4.03. The van der Waals surface area contributed by atoms with Gasteiger partial charge in [-0.15, -0.1) is 24.0 Å². The third kappa shape index (κ3) is 10.5. The van der Waals surface area contributed by atoms with Gasteiger partial charge < -0.3 is 24.5 Å². The Morgan fingerprint density at radius 2 is 2.00 bits per heavy atom. The molecule has 0 spiro atoms. The van der Waals surface area contributed by atoms with Crippen LogP contribution in [0.25, 0.3) is 0 Å². The van der Waals surface area contributed by atoms with Gasteiger partial charge in [0.15, 0.2) is 5.96 Å². The van der Waals surface area contributed by atoms with Crippen LogP contribution in [-0.4, -0.2) is 57.4 Å². The van der Waals surface area contributed by atoms with Gasteiger partial charge in [0.25, 0.3) is 0 Å². The summed E-state index contributed by atoms with van der Waals surface area (Å²) >= 11 is 0. The number of furan rings is 1. The van der Waals surface area contributed by atoms with Crippen LogP contribution < -0.4 is 10.6 Å². The van der Waals surface area contributed by atoms with E-state index in [1.54, 1.807) is 6.26 Å². The number of rotatable bonds is 13. The first kappa shape index (κ1) is 27.6. The second kappa shape index (κ2) is 16.1. The van der Waals surface area contributed by atoms with Gasteiger partial charge in [-0.05, 0) is 50.1 Å². The van der Waals surface area contributed by atoms with Crippen molar-refractivity contribution in [1.82, 2.24) is 15.5 Å². The van der Waals surface area contributed by atoms with Crippen molar-refractivity contribution >= 4 is 29.9 Å².